The van der Waals surface area contributed by atoms with Gasteiger partial charge in [0.15, 0.2) is 10.2 Å². The predicted octanol–water partition coefficient (Wildman–Crippen LogP) is 4.84. The largest absolute Gasteiger partial charge is 0.326 e. The van der Waals surface area contributed by atoms with Crippen LogP contribution in [0.1, 0.15) is 34.5 Å². The molecule has 2 aliphatic heterocycles. The van der Waals surface area contributed by atoms with Gasteiger partial charge in [0.05, 0.1) is 6.54 Å². The van der Waals surface area contributed by atoms with Crippen LogP contribution in [0.15, 0.2) is 69.9 Å². The van der Waals surface area contributed by atoms with E-state index in [1.165, 1.54) is 23.1 Å². The van der Waals surface area contributed by atoms with E-state index in [2.05, 4.69) is 0 Å². The first-order valence-corrected chi connectivity index (χ1v) is 11.7. The summed E-state index contributed by atoms with van der Waals surface area (Å²) in [5.74, 6) is 0.426. The number of carbonyl (C=O) groups excluding carboxylic acids is 2. The Hall–Kier alpha value is -2.64. The Kier molecular flexibility index (Phi) is 5.31. The van der Waals surface area contributed by atoms with E-state index in [1.54, 1.807) is 9.80 Å². The Morgan fingerprint density at radius 1 is 1.00 bits per heavy atom. The molecule has 0 aliphatic carbocycles. The number of benzene rings is 2. The van der Waals surface area contributed by atoms with Crippen LogP contribution in [0.2, 0.25) is 0 Å². The fourth-order valence-electron chi connectivity index (χ4n) is 4.01. The van der Waals surface area contributed by atoms with Gasteiger partial charge >= 0.3 is 0 Å². The molecule has 2 aromatic carbocycles. The lowest BCUT2D eigenvalue weighted by molar-refractivity contribution is -0.124. The third-order valence-corrected chi connectivity index (χ3v) is 7.59. The highest BCUT2D eigenvalue weighted by molar-refractivity contribution is 8.01. The molecule has 0 saturated carbocycles. The molecule has 1 saturated heterocycles. The SMILES string of the molecule is O=C1C2CCCCN2C(=O)c2sc(Sc3ccccc3)nc2N1Cc1ccccc1. The second-order valence-electron chi connectivity index (χ2n) is 7.47. The van der Waals surface area contributed by atoms with Crippen molar-refractivity contribution in [3.05, 3.63) is 71.1 Å². The van der Waals surface area contributed by atoms with Crippen LogP contribution in [0.4, 0.5) is 5.82 Å². The second-order valence-corrected chi connectivity index (χ2v) is 9.79. The molecule has 2 amide bonds. The van der Waals surface area contributed by atoms with Crippen molar-refractivity contribution in [1.29, 1.82) is 0 Å². The van der Waals surface area contributed by atoms with Crippen LogP contribution in [0.25, 0.3) is 0 Å². The van der Waals surface area contributed by atoms with Crippen LogP contribution in [-0.2, 0) is 11.3 Å². The van der Waals surface area contributed by atoms with Gasteiger partial charge in [-0.3, -0.25) is 14.5 Å². The lowest BCUT2D eigenvalue weighted by atomic mass is 10.0. The van der Waals surface area contributed by atoms with Gasteiger partial charge < -0.3 is 4.90 Å². The van der Waals surface area contributed by atoms with Crippen molar-refractivity contribution in [3.63, 3.8) is 0 Å². The summed E-state index contributed by atoms with van der Waals surface area (Å²) in [6.07, 6.45) is 2.62. The lowest BCUT2D eigenvalue weighted by Gasteiger charge is -2.34. The standard InChI is InChI=1S/C23H21N3O2S2/c27-21-18-13-7-8-14-25(18)22(28)19-20(26(21)15-16-9-3-1-4-10-16)24-23(30-19)29-17-11-5-2-6-12-17/h1-6,9-12,18H,7-8,13-15H2. The number of rotatable bonds is 4. The molecule has 1 fully saturated rings. The number of nitrogens with zero attached hydrogens (tertiary/aromatic N) is 3. The summed E-state index contributed by atoms with van der Waals surface area (Å²) in [5, 5.41) is 0. The van der Waals surface area contributed by atoms with E-state index in [9.17, 15) is 9.59 Å². The smallest absolute Gasteiger partial charge is 0.268 e. The Labute approximate surface area is 183 Å². The van der Waals surface area contributed by atoms with Crippen molar-refractivity contribution in [2.45, 2.75) is 41.1 Å². The fraction of sp³-hybridized carbons (Fsp3) is 0.261. The molecule has 0 bridgehead atoms. The van der Waals surface area contributed by atoms with Crippen molar-refractivity contribution in [1.82, 2.24) is 9.88 Å². The average Bonchev–Trinajstić information content (AvgIpc) is 3.18. The topological polar surface area (TPSA) is 53.5 Å². The minimum atomic E-state index is -0.387. The third kappa shape index (κ3) is 3.63. The second kappa shape index (κ2) is 8.24. The first-order chi connectivity index (χ1) is 14.7. The van der Waals surface area contributed by atoms with E-state index in [0.717, 1.165) is 34.1 Å². The summed E-state index contributed by atoms with van der Waals surface area (Å²) < 4.78 is 0.779. The van der Waals surface area contributed by atoms with Gasteiger partial charge in [-0.25, -0.2) is 4.98 Å². The van der Waals surface area contributed by atoms with Crippen molar-refractivity contribution in [3.8, 4) is 0 Å². The molecule has 0 N–H and O–H groups in total. The van der Waals surface area contributed by atoms with Gasteiger partial charge in [0.2, 0.25) is 0 Å². The number of amides is 2. The van der Waals surface area contributed by atoms with Gasteiger partial charge in [0.1, 0.15) is 10.9 Å². The van der Waals surface area contributed by atoms with Gasteiger partial charge in [-0.2, -0.15) is 0 Å². The molecule has 3 heterocycles. The molecule has 30 heavy (non-hydrogen) atoms. The summed E-state index contributed by atoms with van der Waals surface area (Å²) in [4.78, 5) is 36.8. The van der Waals surface area contributed by atoms with E-state index < -0.39 is 0 Å². The maximum absolute atomic E-state index is 13.5. The fourth-order valence-corrected chi connectivity index (χ4v) is 6.10. The lowest BCUT2D eigenvalue weighted by Crippen LogP contribution is -2.50. The highest BCUT2D eigenvalue weighted by atomic mass is 32.2. The quantitative estimate of drug-likeness (QED) is 0.589. The van der Waals surface area contributed by atoms with Gasteiger partial charge in [-0.15, -0.1) is 0 Å². The zero-order valence-electron chi connectivity index (χ0n) is 16.4. The van der Waals surface area contributed by atoms with Crippen LogP contribution in [0, 0.1) is 0 Å². The highest BCUT2D eigenvalue weighted by Crippen LogP contribution is 2.40. The van der Waals surface area contributed by atoms with Gasteiger partial charge in [0, 0.05) is 11.4 Å². The summed E-state index contributed by atoms with van der Waals surface area (Å²) in [5.41, 5.74) is 1.03. The Morgan fingerprint density at radius 2 is 1.73 bits per heavy atom. The molecule has 1 aromatic heterocycles. The monoisotopic (exact) mass is 435 g/mol. The van der Waals surface area contributed by atoms with Crippen molar-refractivity contribution < 1.29 is 9.59 Å². The van der Waals surface area contributed by atoms with E-state index in [1.807, 2.05) is 60.7 Å². The zero-order valence-corrected chi connectivity index (χ0v) is 18.0. The summed E-state index contributed by atoms with van der Waals surface area (Å²) >= 11 is 2.92. The molecule has 5 nitrogen and oxygen atoms in total. The number of fused-ring (bicyclic) bond motifs is 2. The highest BCUT2D eigenvalue weighted by Gasteiger charge is 2.42. The molecular weight excluding hydrogens is 414 g/mol. The number of thiazole rings is 1. The Balaban J connectivity index is 1.56. The molecular formula is C23H21N3O2S2. The van der Waals surface area contributed by atoms with Crippen molar-refractivity contribution in [2.24, 2.45) is 0 Å². The van der Waals surface area contributed by atoms with E-state index in [4.69, 9.17) is 4.98 Å². The average molecular weight is 436 g/mol. The van der Waals surface area contributed by atoms with Crippen LogP contribution in [0.3, 0.4) is 0 Å². The van der Waals surface area contributed by atoms with Crippen LogP contribution in [0.5, 0.6) is 0 Å². The first kappa shape index (κ1) is 19.3. The summed E-state index contributed by atoms with van der Waals surface area (Å²) in [6.45, 7) is 1.05. The minimum absolute atomic E-state index is 0.0211. The third-order valence-electron chi connectivity index (χ3n) is 5.49. The molecule has 0 spiro atoms. The molecule has 0 radical (unpaired) electrons. The van der Waals surface area contributed by atoms with Crippen LogP contribution >= 0.6 is 23.1 Å². The maximum atomic E-state index is 13.5. The van der Waals surface area contributed by atoms with Crippen molar-refractivity contribution in [2.75, 3.05) is 11.4 Å². The maximum Gasteiger partial charge on any atom is 0.268 e. The number of hydrogen-bond donors (Lipinski definition) is 0. The Morgan fingerprint density at radius 3 is 2.50 bits per heavy atom. The molecule has 5 rings (SSSR count). The van der Waals surface area contributed by atoms with Gasteiger partial charge in [-0.05, 0) is 37.0 Å². The number of hydrogen-bond acceptors (Lipinski definition) is 5. The van der Waals surface area contributed by atoms with Crippen LogP contribution < -0.4 is 4.90 Å². The van der Waals surface area contributed by atoms with Crippen molar-refractivity contribution >= 4 is 40.7 Å². The Bertz CT molecular complexity index is 1070. The number of carbonyl (C=O) groups is 2. The summed E-state index contributed by atoms with van der Waals surface area (Å²) in [7, 11) is 0. The van der Waals surface area contributed by atoms with Gasteiger partial charge in [0.25, 0.3) is 11.8 Å². The first-order valence-electron chi connectivity index (χ1n) is 10.1. The normalized spacial score (nSPS) is 18.7. The van der Waals surface area contributed by atoms with E-state index in [0.29, 0.717) is 23.8 Å². The number of piperidine rings is 1. The number of anilines is 1. The molecule has 1 unspecified atom stereocenters. The molecule has 152 valence electrons. The van der Waals surface area contributed by atoms with E-state index in [-0.39, 0.29) is 17.9 Å². The number of aromatic nitrogens is 1. The molecule has 1 atom stereocenters. The molecule has 2 aliphatic rings. The van der Waals surface area contributed by atoms with Gasteiger partial charge in [-0.1, -0.05) is 71.6 Å². The minimum Gasteiger partial charge on any atom is -0.326 e. The van der Waals surface area contributed by atoms with E-state index >= 15 is 0 Å². The predicted molar refractivity (Wildman–Crippen MR) is 119 cm³/mol. The molecule has 3 aromatic rings. The zero-order chi connectivity index (χ0) is 20.5. The van der Waals surface area contributed by atoms with Crippen LogP contribution in [-0.4, -0.2) is 34.3 Å². The summed E-state index contributed by atoms with van der Waals surface area (Å²) in [6, 6.07) is 19.5. The molecule has 7 heteroatoms.